The molecule has 4 heteroatoms. The molecule has 0 aliphatic rings. The topological polar surface area (TPSA) is 33.1 Å². The van der Waals surface area contributed by atoms with Gasteiger partial charge in [0.05, 0.1) is 16.0 Å². The molecule has 2 nitrogen and oxygen atoms in total. The van der Waals surface area contributed by atoms with Crippen molar-refractivity contribution in [2.24, 2.45) is 0 Å². The van der Waals surface area contributed by atoms with Crippen molar-refractivity contribution in [3.63, 3.8) is 0 Å². The van der Waals surface area contributed by atoms with Gasteiger partial charge in [0.15, 0.2) is 0 Å². The van der Waals surface area contributed by atoms with E-state index in [2.05, 4.69) is 4.98 Å². The monoisotopic (exact) mass is 237 g/mol. The van der Waals surface area contributed by atoms with Gasteiger partial charge < -0.3 is 5.11 Å². The van der Waals surface area contributed by atoms with Crippen LogP contribution in [0.3, 0.4) is 0 Å². The Balaban J connectivity index is 2.13. The summed E-state index contributed by atoms with van der Waals surface area (Å²) in [4.78, 5) is 4.84. The minimum absolute atomic E-state index is 0.275. The molecule has 1 aromatic heterocycles. The summed E-state index contributed by atoms with van der Waals surface area (Å²) in [6, 6.07) is 6.50. The number of aromatic nitrogens is 1. The van der Waals surface area contributed by atoms with E-state index in [0.29, 0.717) is 5.56 Å². The average Bonchev–Trinajstić information content (AvgIpc) is 2.68. The molecule has 0 aliphatic carbocycles. The van der Waals surface area contributed by atoms with Crippen molar-refractivity contribution in [3.8, 4) is 0 Å². The van der Waals surface area contributed by atoms with Gasteiger partial charge in [-0.1, -0.05) is 18.2 Å². The number of benzene rings is 1. The second-order valence-electron chi connectivity index (χ2n) is 3.59. The fourth-order valence-electron chi connectivity index (χ4n) is 1.50. The first-order valence-corrected chi connectivity index (χ1v) is 5.82. The van der Waals surface area contributed by atoms with Crippen molar-refractivity contribution in [1.29, 1.82) is 0 Å². The van der Waals surface area contributed by atoms with Crippen molar-refractivity contribution >= 4 is 11.3 Å². The van der Waals surface area contributed by atoms with Crippen molar-refractivity contribution in [2.45, 2.75) is 19.4 Å². The fraction of sp³-hybridized carbons (Fsp3) is 0.250. The molecule has 0 spiro atoms. The van der Waals surface area contributed by atoms with E-state index in [1.54, 1.807) is 24.4 Å². The molecule has 0 bridgehead atoms. The number of rotatable bonds is 3. The number of aliphatic hydroxyl groups excluding tert-OH is 1. The number of thiazole rings is 1. The molecule has 1 atom stereocenters. The summed E-state index contributed by atoms with van der Waals surface area (Å²) >= 11 is 1.44. The standard InChI is InChI=1S/C12H12FNOS/c1-8-14-7-12(16-8)11(15)6-9-4-2-3-5-10(9)13/h2-5,7,11,15H,6H2,1H3. The molecule has 1 aromatic carbocycles. The Labute approximate surface area is 97.4 Å². The Morgan fingerprint density at radius 1 is 1.44 bits per heavy atom. The largest absolute Gasteiger partial charge is 0.387 e. The molecule has 16 heavy (non-hydrogen) atoms. The lowest BCUT2D eigenvalue weighted by Crippen LogP contribution is -2.01. The predicted molar refractivity (Wildman–Crippen MR) is 61.9 cm³/mol. The molecule has 0 fully saturated rings. The van der Waals surface area contributed by atoms with E-state index in [0.717, 1.165) is 9.88 Å². The molecule has 0 saturated heterocycles. The summed E-state index contributed by atoms with van der Waals surface area (Å²) in [5.74, 6) is -0.275. The first-order chi connectivity index (χ1) is 7.66. The van der Waals surface area contributed by atoms with E-state index in [9.17, 15) is 9.50 Å². The van der Waals surface area contributed by atoms with Gasteiger partial charge in [-0.3, -0.25) is 0 Å². The quantitative estimate of drug-likeness (QED) is 0.890. The van der Waals surface area contributed by atoms with Gasteiger partial charge in [-0.05, 0) is 18.6 Å². The van der Waals surface area contributed by atoms with Crippen LogP contribution < -0.4 is 0 Å². The van der Waals surface area contributed by atoms with Crippen LogP contribution in [0.5, 0.6) is 0 Å². The molecule has 0 amide bonds. The van der Waals surface area contributed by atoms with Crippen LogP contribution in [-0.4, -0.2) is 10.1 Å². The maximum Gasteiger partial charge on any atom is 0.126 e. The first kappa shape index (κ1) is 11.2. The molecule has 1 N–H and O–H groups in total. The molecule has 0 saturated carbocycles. The first-order valence-electron chi connectivity index (χ1n) is 5.00. The number of aryl methyl sites for hydroxylation is 1. The van der Waals surface area contributed by atoms with Crippen LogP contribution >= 0.6 is 11.3 Å². The third-order valence-electron chi connectivity index (χ3n) is 2.34. The molecule has 2 aromatic rings. The van der Waals surface area contributed by atoms with Gasteiger partial charge in [0, 0.05) is 12.6 Å². The Bertz CT molecular complexity index is 483. The lowest BCUT2D eigenvalue weighted by Gasteiger charge is -2.08. The minimum atomic E-state index is -0.678. The zero-order chi connectivity index (χ0) is 11.5. The molecule has 1 heterocycles. The summed E-state index contributed by atoms with van der Waals surface area (Å²) in [5.41, 5.74) is 0.529. The number of hydrogen-bond donors (Lipinski definition) is 1. The van der Waals surface area contributed by atoms with Gasteiger partial charge in [0.25, 0.3) is 0 Å². The third-order valence-corrected chi connectivity index (χ3v) is 3.35. The van der Waals surface area contributed by atoms with Crippen molar-refractivity contribution in [3.05, 3.63) is 51.7 Å². The van der Waals surface area contributed by atoms with Crippen LogP contribution in [0.4, 0.5) is 4.39 Å². The Morgan fingerprint density at radius 2 is 2.19 bits per heavy atom. The van der Waals surface area contributed by atoms with Gasteiger partial charge in [0.2, 0.25) is 0 Å². The SMILES string of the molecule is Cc1ncc(C(O)Cc2ccccc2F)s1. The highest BCUT2D eigenvalue weighted by molar-refractivity contribution is 7.11. The van der Waals surface area contributed by atoms with Crippen molar-refractivity contribution in [1.82, 2.24) is 4.98 Å². The Hall–Kier alpha value is -1.26. The molecular weight excluding hydrogens is 225 g/mol. The summed E-state index contributed by atoms with van der Waals surface area (Å²) in [6.45, 7) is 1.88. The molecule has 0 aliphatic heterocycles. The van der Waals surface area contributed by atoms with Crippen LogP contribution in [0.25, 0.3) is 0 Å². The smallest absolute Gasteiger partial charge is 0.126 e. The Kier molecular flexibility index (Phi) is 3.31. The molecule has 84 valence electrons. The van der Waals surface area contributed by atoms with E-state index in [4.69, 9.17) is 0 Å². The maximum absolute atomic E-state index is 13.3. The normalized spacial score (nSPS) is 12.7. The second kappa shape index (κ2) is 4.72. The highest BCUT2D eigenvalue weighted by Gasteiger charge is 2.13. The second-order valence-corrected chi connectivity index (χ2v) is 4.86. The summed E-state index contributed by atoms with van der Waals surface area (Å²) in [5, 5.41) is 10.8. The van der Waals surface area contributed by atoms with E-state index >= 15 is 0 Å². The van der Waals surface area contributed by atoms with Gasteiger partial charge in [-0.25, -0.2) is 9.37 Å². The lowest BCUT2D eigenvalue weighted by molar-refractivity contribution is 0.180. The number of halogens is 1. The molecular formula is C12H12FNOS. The summed E-state index contributed by atoms with van der Waals surface area (Å²) in [7, 11) is 0. The van der Waals surface area contributed by atoms with Crippen LogP contribution in [0, 0.1) is 12.7 Å². The van der Waals surface area contributed by atoms with E-state index < -0.39 is 6.10 Å². The average molecular weight is 237 g/mol. The highest BCUT2D eigenvalue weighted by atomic mass is 32.1. The number of hydrogen-bond acceptors (Lipinski definition) is 3. The van der Waals surface area contributed by atoms with Gasteiger partial charge >= 0.3 is 0 Å². The minimum Gasteiger partial charge on any atom is -0.387 e. The lowest BCUT2D eigenvalue weighted by atomic mass is 10.1. The maximum atomic E-state index is 13.3. The van der Waals surface area contributed by atoms with Gasteiger partial charge in [-0.2, -0.15) is 0 Å². The van der Waals surface area contributed by atoms with Crippen molar-refractivity contribution in [2.75, 3.05) is 0 Å². The zero-order valence-corrected chi connectivity index (χ0v) is 9.67. The van der Waals surface area contributed by atoms with Gasteiger partial charge in [-0.15, -0.1) is 11.3 Å². The molecule has 0 radical (unpaired) electrons. The van der Waals surface area contributed by atoms with Crippen LogP contribution in [0.1, 0.15) is 21.6 Å². The summed E-state index contributed by atoms with van der Waals surface area (Å²) in [6.07, 6.45) is 1.25. The number of nitrogens with zero attached hydrogens (tertiary/aromatic N) is 1. The van der Waals surface area contributed by atoms with Crippen molar-refractivity contribution < 1.29 is 9.50 Å². The zero-order valence-electron chi connectivity index (χ0n) is 8.85. The predicted octanol–water partition coefficient (Wildman–Crippen LogP) is 2.87. The molecule has 2 rings (SSSR count). The molecule has 1 unspecified atom stereocenters. The van der Waals surface area contributed by atoms with E-state index in [1.807, 2.05) is 6.92 Å². The highest BCUT2D eigenvalue weighted by Crippen LogP contribution is 2.24. The number of aliphatic hydroxyl groups is 1. The third kappa shape index (κ3) is 2.46. The van der Waals surface area contributed by atoms with Crippen LogP contribution in [0.15, 0.2) is 30.5 Å². The fourth-order valence-corrected chi connectivity index (χ4v) is 2.28. The summed E-state index contributed by atoms with van der Waals surface area (Å²) < 4.78 is 13.3. The van der Waals surface area contributed by atoms with E-state index in [1.165, 1.54) is 17.4 Å². The van der Waals surface area contributed by atoms with Crippen LogP contribution in [-0.2, 0) is 6.42 Å². The Morgan fingerprint density at radius 3 is 2.81 bits per heavy atom. The van der Waals surface area contributed by atoms with E-state index in [-0.39, 0.29) is 12.2 Å². The van der Waals surface area contributed by atoms with Crippen LogP contribution in [0.2, 0.25) is 0 Å². The van der Waals surface area contributed by atoms with Gasteiger partial charge in [0.1, 0.15) is 5.82 Å².